The summed E-state index contributed by atoms with van der Waals surface area (Å²) in [6.45, 7) is 7.97. The number of nitrogens with two attached hydrogens (primary N) is 1. The number of nitrogens with zero attached hydrogens (tertiary/aromatic N) is 3. The third kappa shape index (κ3) is 3.75. The maximum Gasteiger partial charge on any atom is 0.114 e. The summed E-state index contributed by atoms with van der Waals surface area (Å²) in [4.78, 5) is 4.75. The Morgan fingerprint density at radius 3 is 2.75 bits per heavy atom. The SMILES string of the molecule is CCC1CN(C)CCCN1CC(C)(N)C#N. The molecule has 0 radical (unpaired) electrons. The van der Waals surface area contributed by atoms with E-state index < -0.39 is 5.54 Å². The molecule has 2 N–H and O–H groups in total. The van der Waals surface area contributed by atoms with Crippen LogP contribution in [-0.4, -0.2) is 54.6 Å². The fourth-order valence-corrected chi connectivity index (χ4v) is 2.35. The van der Waals surface area contributed by atoms with Crippen molar-refractivity contribution in [3.8, 4) is 6.07 Å². The smallest absolute Gasteiger partial charge is 0.114 e. The Morgan fingerprint density at radius 1 is 1.50 bits per heavy atom. The van der Waals surface area contributed by atoms with Crippen LogP contribution in [0.1, 0.15) is 26.7 Å². The van der Waals surface area contributed by atoms with Gasteiger partial charge in [-0.2, -0.15) is 5.26 Å². The molecule has 0 bridgehead atoms. The summed E-state index contributed by atoms with van der Waals surface area (Å²) in [5.41, 5.74) is 5.21. The van der Waals surface area contributed by atoms with Crippen molar-refractivity contribution in [2.45, 2.75) is 38.3 Å². The molecule has 92 valence electrons. The molecule has 4 heteroatoms. The van der Waals surface area contributed by atoms with Crippen LogP contribution in [0.25, 0.3) is 0 Å². The van der Waals surface area contributed by atoms with Crippen LogP contribution in [-0.2, 0) is 0 Å². The van der Waals surface area contributed by atoms with Crippen molar-refractivity contribution in [3.05, 3.63) is 0 Å². The van der Waals surface area contributed by atoms with Crippen molar-refractivity contribution in [1.82, 2.24) is 9.80 Å². The minimum absolute atomic E-state index is 0.531. The van der Waals surface area contributed by atoms with E-state index in [4.69, 9.17) is 11.0 Å². The van der Waals surface area contributed by atoms with Crippen LogP contribution in [0.5, 0.6) is 0 Å². The first-order valence-corrected chi connectivity index (χ1v) is 6.11. The van der Waals surface area contributed by atoms with E-state index in [1.807, 2.05) is 6.92 Å². The van der Waals surface area contributed by atoms with Gasteiger partial charge in [0.2, 0.25) is 0 Å². The van der Waals surface area contributed by atoms with Gasteiger partial charge in [-0.3, -0.25) is 4.90 Å². The Bertz CT molecular complexity index is 256. The largest absolute Gasteiger partial charge is 0.313 e. The van der Waals surface area contributed by atoms with Gasteiger partial charge < -0.3 is 10.6 Å². The summed E-state index contributed by atoms with van der Waals surface area (Å²) in [6, 6.07) is 2.72. The van der Waals surface area contributed by atoms with E-state index in [9.17, 15) is 0 Å². The lowest BCUT2D eigenvalue weighted by Crippen LogP contribution is -2.51. The molecule has 4 nitrogen and oxygen atoms in total. The van der Waals surface area contributed by atoms with Gasteiger partial charge in [-0.05, 0) is 39.9 Å². The summed E-state index contributed by atoms with van der Waals surface area (Å²) < 4.78 is 0. The maximum absolute atomic E-state index is 8.99. The molecule has 0 amide bonds. The predicted octanol–water partition coefficient (Wildman–Crippen LogP) is 0.643. The summed E-state index contributed by atoms with van der Waals surface area (Å²) in [6.07, 6.45) is 2.28. The first-order chi connectivity index (χ1) is 7.48. The maximum atomic E-state index is 8.99. The summed E-state index contributed by atoms with van der Waals surface area (Å²) >= 11 is 0. The number of hydrogen-bond donors (Lipinski definition) is 1. The lowest BCUT2D eigenvalue weighted by Gasteiger charge is -2.33. The van der Waals surface area contributed by atoms with Crippen LogP contribution in [0.3, 0.4) is 0 Å². The zero-order valence-corrected chi connectivity index (χ0v) is 10.7. The molecular formula is C12H24N4. The summed E-state index contributed by atoms with van der Waals surface area (Å²) in [5.74, 6) is 0. The second-order valence-electron chi connectivity index (χ2n) is 5.18. The molecule has 1 heterocycles. The fraction of sp³-hybridized carbons (Fsp3) is 0.917. The first-order valence-electron chi connectivity index (χ1n) is 6.11. The molecule has 1 saturated heterocycles. The average Bonchev–Trinajstić information content (AvgIpc) is 2.40. The van der Waals surface area contributed by atoms with Crippen LogP contribution >= 0.6 is 0 Å². The lowest BCUT2D eigenvalue weighted by atomic mass is 10.0. The standard InChI is InChI=1S/C12H24N4/c1-4-11-8-15(3)6-5-7-16(11)10-12(2,14)9-13/h11H,4-8,10,14H2,1-3H3. The summed E-state index contributed by atoms with van der Waals surface area (Å²) in [7, 11) is 2.16. The lowest BCUT2D eigenvalue weighted by molar-refractivity contribution is 0.164. The number of likely N-dealkylation sites (N-methyl/N-ethyl adjacent to an activating group) is 1. The third-order valence-electron chi connectivity index (χ3n) is 3.28. The molecule has 0 aromatic rings. The van der Waals surface area contributed by atoms with Crippen molar-refractivity contribution in [3.63, 3.8) is 0 Å². The predicted molar refractivity (Wildman–Crippen MR) is 66.0 cm³/mol. The number of rotatable bonds is 3. The van der Waals surface area contributed by atoms with Gasteiger partial charge in [0.1, 0.15) is 5.54 Å². The van der Waals surface area contributed by atoms with Gasteiger partial charge in [-0.25, -0.2) is 0 Å². The van der Waals surface area contributed by atoms with E-state index in [0.717, 1.165) is 32.5 Å². The van der Waals surface area contributed by atoms with Crippen molar-refractivity contribution in [2.24, 2.45) is 5.73 Å². The van der Waals surface area contributed by atoms with E-state index in [0.29, 0.717) is 12.6 Å². The van der Waals surface area contributed by atoms with Gasteiger partial charge in [0.05, 0.1) is 6.07 Å². The van der Waals surface area contributed by atoms with Gasteiger partial charge in [0, 0.05) is 19.1 Å². The molecule has 1 aliphatic rings. The quantitative estimate of drug-likeness (QED) is 0.764. The normalized spacial score (nSPS) is 28.1. The molecule has 1 fully saturated rings. The highest BCUT2D eigenvalue weighted by molar-refractivity contribution is 5.04. The second kappa shape index (κ2) is 5.62. The van der Waals surface area contributed by atoms with Crippen molar-refractivity contribution in [2.75, 3.05) is 33.2 Å². The van der Waals surface area contributed by atoms with Crippen molar-refractivity contribution in [1.29, 1.82) is 5.26 Å². The van der Waals surface area contributed by atoms with Crippen LogP contribution in [0.4, 0.5) is 0 Å². The molecule has 16 heavy (non-hydrogen) atoms. The van der Waals surface area contributed by atoms with Crippen molar-refractivity contribution < 1.29 is 0 Å². The Kier molecular flexibility index (Phi) is 4.72. The van der Waals surface area contributed by atoms with E-state index in [1.54, 1.807) is 0 Å². The molecule has 0 aromatic carbocycles. The van der Waals surface area contributed by atoms with Gasteiger partial charge in [0.15, 0.2) is 0 Å². The van der Waals surface area contributed by atoms with Crippen LogP contribution in [0.2, 0.25) is 0 Å². The topological polar surface area (TPSA) is 56.3 Å². The van der Waals surface area contributed by atoms with Gasteiger partial charge >= 0.3 is 0 Å². The third-order valence-corrected chi connectivity index (χ3v) is 3.28. The summed E-state index contributed by atoms with van der Waals surface area (Å²) in [5, 5.41) is 8.99. The zero-order valence-electron chi connectivity index (χ0n) is 10.7. The molecule has 1 rings (SSSR count). The second-order valence-corrected chi connectivity index (χ2v) is 5.18. The highest BCUT2D eigenvalue weighted by Gasteiger charge is 2.28. The molecule has 0 aromatic heterocycles. The monoisotopic (exact) mass is 224 g/mol. The van der Waals surface area contributed by atoms with E-state index in [1.165, 1.54) is 0 Å². The highest BCUT2D eigenvalue weighted by atomic mass is 15.2. The average molecular weight is 224 g/mol. The Balaban J connectivity index is 2.65. The van der Waals surface area contributed by atoms with E-state index >= 15 is 0 Å². The highest BCUT2D eigenvalue weighted by Crippen LogP contribution is 2.14. The first kappa shape index (κ1) is 13.4. The van der Waals surface area contributed by atoms with Crippen LogP contribution < -0.4 is 5.73 Å². The minimum atomic E-state index is -0.726. The molecule has 2 atom stereocenters. The zero-order chi connectivity index (χ0) is 12.2. The number of nitriles is 1. The van der Waals surface area contributed by atoms with E-state index in [-0.39, 0.29) is 0 Å². The fourth-order valence-electron chi connectivity index (χ4n) is 2.35. The van der Waals surface area contributed by atoms with Gasteiger partial charge in [-0.1, -0.05) is 6.92 Å². The van der Waals surface area contributed by atoms with Crippen LogP contribution in [0.15, 0.2) is 0 Å². The molecule has 1 aliphatic heterocycles. The Hall–Kier alpha value is -0.630. The van der Waals surface area contributed by atoms with E-state index in [2.05, 4.69) is 29.8 Å². The Morgan fingerprint density at radius 2 is 2.19 bits per heavy atom. The van der Waals surface area contributed by atoms with Gasteiger partial charge in [-0.15, -0.1) is 0 Å². The molecule has 0 aliphatic carbocycles. The Labute approximate surface area is 99.0 Å². The minimum Gasteiger partial charge on any atom is -0.313 e. The van der Waals surface area contributed by atoms with Crippen LogP contribution in [0, 0.1) is 11.3 Å². The molecule has 2 unspecified atom stereocenters. The molecule has 0 spiro atoms. The van der Waals surface area contributed by atoms with Gasteiger partial charge in [0.25, 0.3) is 0 Å². The van der Waals surface area contributed by atoms with Crippen molar-refractivity contribution >= 4 is 0 Å². The molecular weight excluding hydrogens is 200 g/mol. The number of hydrogen-bond acceptors (Lipinski definition) is 4. The molecule has 0 saturated carbocycles.